The van der Waals surface area contributed by atoms with E-state index in [-0.39, 0.29) is 0 Å². The summed E-state index contributed by atoms with van der Waals surface area (Å²) in [6.45, 7) is 5.65. The molecule has 0 bridgehead atoms. The summed E-state index contributed by atoms with van der Waals surface area (Å²) in [6.07, 6.45) is -0.947. The van der Waals surface area contributed by atoms with Gasteiger partial charge in [0.2, 0.25) is 0 Å². The molecule has 0 unspecified atom stereocenters. The van der Waals surface area contributed by atoms with Gasteiger partial charge in [0.05, 0.1) is 29.5 Å². The van der Waals surface area contributed by atoms with Crippen LogP contribution >= 0.6 is 11.6 Å². The first-order valence-electron chi connectivity index (χ1n) is 9.18. The van der Waals surface area contributed by atoms with Gasteiger partial charge in [-0.2, -0.15) is 0 Å². The second-order valence-electron chi connectivity index (χ2n) is 6.60. The number of nitrogens with zero attached hydrogens (tertiary/aromatic N) is 1. The molecule has 0 aliphatic carbocycles. The number of para-hydroxylation sites is 1. The van der Waals surface area contributed by atoms with E-state index in [2.05, 4.69) is 10.2 Å². The van der Waals surface area contributed by atoms with Gasteiger partial charge in [0, 0.05) is 19.6 Å². The van der Waals surface area contributed by atoms with E-state index in [0.29, 0.717) is 16.3 Å². The third-order valence-corrected chi connectivity index (χ3v) is 4.81. The molecule has 2 aromatic carbocycles. The number of halogens is 1. The van der Waals surface area contributed by atoms with Crippen molar-refractivity contribution >= 4 is 29.2 Å². The molecule has 148 valence electrons. The fourth-order valence-corrected chi connectivity index (χ4v) is 3.03. The van der Waals surface area contributed by atoms with E-state index in [0.717, 1.165) is 38.4 Å². The second-order valence-corrected chi connectivity index (χ2v) is 7.01. The van der Waals surface area contributed by atoms with Crippen molar-refractivity contribution in [3.8, 4) is 0 Å². The summed E-state index contributed by atoms with van der Waals surface area (Å²) in [5.74, 6) is -0.981. The van der Waals surface area contributed by atoms with E-state index in [1.54, 1.807) is 36.4 Å². The average molecular weight is 403 g/mol. The minimum absolute atomic E-state index is 0.406. The number of ether oxygens (including phenoxy) is 2. The van der Waals surface area contributed by atoms with Crippen molar-refractivity contribution < 1.29 is 19.1 Å². The molecule has 0 radical (unpaired) electrons. The van der Waals surface area contributed by atoms with E-state index >= 15 is 0 Å². The van der Waals surface area contributed by atoms with E-state index in [1.165, 1.54) is 6.92 Å². The van der Waals surface area contributed by atoms with Crippen molar-refractivity contribution in [3.05, 3.63) is 64.7 Å². The summed E-state index contributed by atoms with van der Waals surface area (Å²) in [5, 5.41) is 3.08. The lowest BCUT2D eigenvalue weighted by Crippen LogP contribution is -2.35. The zero-order chi connectivity index (χ0) is 19.9. The van der Waals surface area contributed by atoms with Crippen molar-refractivity contribution in [1.29, 1.82) is 0 Å². The third-order valence-electron chi connectivity index (χ3n) is 4.48. The topological polar surface area (TPSA) is 67.9 Å². The Morgan fingerprint density at radius 1 is 1.14 bits per heavy atom. The predicted molar refractivity (Wildman–Crippen MR) is 107 cm³/mol. The monoisotopic (exact) mass is 402 g/mol. The molecule has 1 aliphatic rings. The number of carbonyl (C=O) groups is 2. The highest BCUT2D eigenvalue weighted by molar-refractivity contribution is 6.33. The molecule has 1 heterocycles. The SMILES string of the molecule is C[C@H](OC(=O)c1ccc(CN2CCOCC2)cc1)C(=O)Nc1ccccc1Cl. The summed E-state index contributed by atoms with van der Waals surface area (Å²) in [5.41, 5.74) is 2.00. The highest BCUT2D eigenvalue weighted by Gasteiger charge is 2.20. The van der Waals surface area contributed by atoms with Crippen LogP contribution in [0.4, 0.5) is 5.69 Å². The van der Waals surface area contributed by atoms with Crippen LogP contribution in [-0.2, 0) is 20.8 Å². The zero-order valence-corrected chi connectivity index (χ0v) is 16.4. The Morgan fingerprint density at radius 3 is 2.50 bits per heavy atom. The number of anilines is 1. The van der Waals surface area contributed by atoms with E-state index in [4.69, 9.17) is 21.1 Å². The maximum absolute atomic E-state index is 12.3. The van der Waals surface area contributed by atoms with Gasteiger partial charge in [0.25, 0.3) is 5.91 Å². The molecule has 2 aromatic rings. The van der Waals surface area contributed by atoms with E-state index in [1.807, 2.05) is 12.1 Å². The third kappa shape index (κ3) is 5.55. The molecule has 28 heavy (non-hydrogen) atoms. The Labute approximate surface area is 169 Å². The lowest BCUT2D eigenvalue weighted by atomic mass is 10.1. The number of rotatable bonds is 6. The smallest absolute Gasteiger partial charge is 0.338 e. The minimum atomic E-state index is -0.947. The summed E-state index contributed by atoms with van der Waals surface area (Å²) in [7, 11) is 0. The van der Waals surface area contributed by atoms with Crippen molar-refractivity contribution in [1.82, 2.24) is 4.90 Å². The molecule has 1 aliphatic heterocycles. The first-order chi connectivity index (χ1) is 13.5. The molecule has 1 fully saturated rings. The quantitative estimate of drug-likeness (QED) is 0.750. The predicted octanol–water partition coefficient (Wildman–Crippen LogP) is 3.36. The highest BCUT2D eigenvalue weighted by atomic mass is 35.5. The molecule has 1 saturated heterocycles. The maximum atomic E-state index is 12.3. The number of hydrogen-bond donors (Lipinski definition) is 1. The zero-order valence-electron chi connectivity index (χ0n) is 15.7. The largest absolute Gasteiger partial charge is 0.449 e. The van der Waals surface area contributed by atoms with Crippen LogP contribution in [0.2, 0.25) is 5.02 Å². The van der Waals surface area contributed by atoms with Gasteiger partial charge in [-0.1, -0.05) is 35.9 Å². The van der Waals surface area contributed by atoms with Gasteiger partial charge < -0.3 is 14.8 Å². The molecular formula is C21H23ClN2O4. The highest BCUT2D eigenvalue weighted by Crippen LogP contribution is 2.21. The number of nitrogens with one attached hydrogen (secondary N) is 1. The van der Waals surface area contributed by atoms with Crippen LogP contribution in [0.1, 0.15) is 22.8 Å². The Bertz CT molecular complexity index is 819. The molecule has 1 atom stereocenters. The van der Waals surface area contributed by atoms with Crippen LogP contribution in [0.3, 0.4) is 0 Å². The summed E-state index contributed by atoms with van der Waals surface area (Å²) < 4.78 is 10.6. The normalized spacial score (nSPS) is 15.6. The number of hydrogen-bond acceptors (Lipinski definition) is 5. The maximum Gasteiger partial charge on any atom is 0.338 e. The molecule has 6 nitrogen and oxygen atoms in total. The van der Waals surface area contributed by atoms with Gasteiger partial charge in [0.15, 0.2) is 6.10 Å². The standard InChI is InChI=1S/C21H23ClN2O4/c1-15(20(25)23-19-5-3-2-4-18(19)22)28-21(26)17-8-6-16(7-9-17)14-24-10-12-27-13-11-24/h2-9,15H,10-14H2,1H3,(H,23,25)/t15-/m0/s1. The second kappa shape index (κ2) is 9.68. The molecule has 1 amide bonds. The van der Waals surface area contributed by atoms with Crippen molar-refractivity contribution in [2.75, 3.05) is 31.6 Å². The average Bonchev–Trinajstić information content (AvgIpc) is 2.71. The van der Waals surface area contributed by atoms with Gasteiger partial charge in [-0.05, 0) is 36.8 Å². The molecular weight excluding hydrogens is 380 g/mol. The van der Waals surface area contributed by atoms with Crippen molar-refractivity contribution in [2.24, 2.45) is 0 Å². The van der Waals surface area contributed by atoms with Crippen LogP contribution in [0, 0.1) is 0 Å². The minimum Gasteiger partial charge on any atom is -0.449 e. The number of benzene rings is 2. The molecule has 3 rings (SSSR count). The van der Waals surface area contributed by atoms with Gasteiger partial charge in [-0.3, -0.25) is 9.69 Å². The van der Waals surface area contributed by atoms with E-state index < -0.39 is 18.0 Å². The lowest BCUT2D eigenvalue weighted by Gasteiger charge is -2.26. The Morgan fingerprint density at radius 2 is 1.82 bits per heavy atom. The number of esters is 1. The van der Waals surface area contributed by atoms with Gasteiger partial charge in [-0.25, -0.2) is 4.79 Å². The molecule has 1 N–H and O–H groups in total. The van der Waals surface area contributed by atoms with Crippen LogP contribution in [0.5, 0.6) is 0 Å². The number of morpholine rings is 1. The molecule has 0 saturated carbocycles. The lowest BCUT2D eigenvalue weighted by molar-refractivity contribution is -0.123. The van der Waals surface area contributed by atoms with Gasteiger partial charge >= 0.3 is 5.97 Å². The van der Waals surface area contributed by atoms with Gasteiger partial charge in [-0.15, -0.1) is 0 Å². The van der Waals surface area contributed by atoms with Crippen LogP contribution in [-0.4, -0.2) is 49.2 Å². The van der Waals surface area contributed by atoms with E-state index in [9.17, 15) is 9.59 Å². The molecule has 0 spiro atoms. The van der Waals surface area contributed by atoms with Crippen molar-refractivity contribution in [3.63, 3.8) is 0 Å². The summed E-state index contributed by atoms with van der Waals surface area (Å²) in [4.78, 5) is 26.9. The van der Waals surface area contributed by atoms with Crippen LogP contribution in [0.15, 0.2) is 48.5 Å². The van der Waals surface area contributed by atoms with Crippen LogP contribution < -0.4 is 5.32 Å². The number of amides is 1. The first-order valence-corrected chi connectivity index (χ1v) is 9.56. The van der Waals surface area contributed by atoms with Gasteiger partial charge in [0.1, 0.15) is 0 Å². The summed E-state index contributed by atoms with van der Waals surface area (Å²) in [6, 6.07) is 14.1. The molecule has 0 aromatic heterocycles. The fraction of sp³-hybridized carbons (Fsp3) is 0.333. The molecule has 7 heteroatoms. The first kappa shape index (κ1) is 20.3. The van der Waals surface area contributed by atoms with Crippen LogP contribution in [0.25, 0.3) is 0 Å². The Balaban J connectivity index is 1.53. The Kier molecular flexibility index (Phi) is 7.03. The Hall–Kier alpha value is -2.41. The summed E-state index contributed by atoms with van der Waals surface area (Å²) >= 11 is 6.03. The fourth-order valence-electron chi connectivity index (χ4n) is 2.84. The van der Waals surface area contributed by atoms with Crippen molar-refractivity contribution in [2.45, 2.75) is 19.6 Å². The number of carbonyl (C=O) groups excluding carboxylic acids is 2.